The lowest BCUT2D eigenvalue weighted by atomic mass is 9.71. The number of carbonyl (C=O) groups excluding carboxylic acids is 1. The summed E-state index contributed by atoms with van der Waals surface area (Å²) in [5, 5.41) is 10.3. The fraction of sp³-hybridized carbons (Fsp3) is 0.750. The van der Waals surface area contributed by atoms with Crippen molar-refractivity contribution in [1.29, 1.82) is 0 Å². The minimum absolute atomic E-state index is 0.0589. The molecule has 0 aromatic carbocycles. The molecule has 1 aromatic rings. The molecule has 1 unspecified atom stereocenters. The van der Waals surface area contributed by atoms with E-state index in [2.05, 4.69) is 9.97 Å². The van der Waals surface area contributed by atoms with Crippen LogP contribution in [0.1, 0.15) is 44.7 Å². The van der Waals surface area contributed by atoms with Gasteiger partial charge in [0, 0.05) is 52.3 Å². The van der Waals surface area contributed by atoms with Crippen LogP contribution in [0.5, 0.6) is 0 Å². The van der Waals surface area contributed by atoms with Gasteiger partial charge in [0.1, 0.15) is 5.82 Å². The van der Waals surface area contributed by atoms with Gasteiger partial charge in [-0.3, -0.25) is 4.79 Å². The maximum absolute atomic E-state index is 13.5. The summed E-state index contributed by atoms with van der Waals surface area (Å²) in [6, 6.07) is 1.04. The van der Waals surface area contributed by atoms with Crippen molar-refractivity contribution in [3.05, 3.63) is 11.8 Å². The van der Waals surface area contributed by atoms with Gasteiger partial charge in [0.25, 0.3) is 0 Å². The molecule has 0 bridgehead atoms. The Labute approximate surface area is 173 Å². The zero-order valence-electron chi connectivity index (χ0n) is 17.2. The van der Waals surface area contributed by atoms with Crippen LogP contribution in [0.15, 0.2) is 6.07 Å². The van der Waals surface area contributed by atoms with E-state index in [-0.39, 0.29) is 17.3 Å². The number of aromatic nitrogens is 2. The van der Waals surface area contributed by atoms with Gasteiger partial charge >= 0.3 is 6.18 Å². The molecule has 10 heteroatoms. The van der Waals surface area contributed by atoms with Crippen LogP contribution in [-0.2, 0) is 11.0 Å². The topological polar surface area (TPSA) is 72.8 Å². The molecule has 0 saturated carbocycles. The van der Waals surface area contributed by atoms with Crippen LogP contribution in [0.3, 0.4) is 0 Å². The van der Waals surface area contributed by atoms with Crippen molar-refractivity contribution in [3.8, 4) is 0 Å². The van der Waals surface area contributed by atoms with Gasteiger partial charge < -0.3 is 19.8 Å². The van der Waals surface area contributed by atoms with Gasteiger partial charge in [0.2, 0.25) is 11.9 Å². The van der Waals surface area contributed by atoms with E-state index < -0.39 is 18.0 Å². The van der Waals surface area contributed by atoms with E-state index in [0.717, 1.165) is 18.9 Å². The number of alkyl halides is 3. The number of halogens is 3. The maximum Gasteiger partial charge on any atom is 0.433 e. The number of hydrogen-bond donors (Lipinski definition) is 1. The van der Waals surface area contributed by atoms with Gasteiger partial charge in [0.15, 0.2) is 5.69 Å². The Balaban J connectivity index is 1.54. The number of anilines is 2. The molecule has 7 nitrogen and oxygen atoms in total. The molecule has 166 valence electrons. The molecule has 1 spiro atoms. The smallest absolute Gasteiger partial charge is 0.391 e. The summed E-state index contributed by atoms with van der Waals surface area (Å²) in [5.41, 5.74) is -1.11. The van der Waals surface area contributed by atoms with Crippen molar-refractivity contribution < 1.29 is 23.1 Å². The minimum Gasteiger partial charge on any atom is -0.391 e. The van der Waals surface area contributed by atoms with E-state index in [0.29, 0.717) is 64.3 Å². The number of carbonyl (C=O) groups is 1. The summed E-state index contributed by atoms with van der Waals surface area (Å²) in [6.07, 6.45) is -1.24. The summed E-state index contributed by atoms with van der Waals surface area (Å²) in [7, 11) is 0. The molecule has 1 atom stereocenters. The molecule has 30 heavy (non-hydrogen) atoms. The Hall–Kier alpha value is -2.10. The first-order valence-electron chi connectivity index (χ1n) is 10.5. The molecule has 4 heterocycles. The molecule has 0 radical (unpaired) electrons. The lowest BCUT2D eigenvalue weighted by Crippen LogP contribution is -2.55. The Morgan fingerprint density at radius 2 is 1.80 bits per heavy atom. The largest absolute Gasteiger partial charge is 0.433 e. The predicted molar refractivity (Wildman–Crippen MR) is 105 cm³/mol. The average molecular weight is 427 g/mol. The number of aliphatic hydroxyl groups excluding tert-OH is 1. The zero-order chi connectivity index (χ0) is 21.5. The monoisotopic (exact) mass is 427 g/mol. The third-order valence-electron chi connectivity index (χ3n) is 6.60. The van der Waals surface area contributed by atoms with Crippen molar-refractivity contribution in [2.75, 3.05) is 49.1 Å². The number of likely N-dealkylation sites (tertiary alicyclic amines) is 1. The molecular weight excluding hydrogens is 399 g/mol. The number of amides is 1. The first-order valence-corrected chi connectivity index (χ1v) is 10.5. The van der Waals surface area contributed by atoms with Gasteiger partial charge in [-0.15, -0.1) is 0 Å². The highest BCUT2D eigenvalue weighted by molar-refractivity contribution is 5.73. The van der Waals surface area contributed by atoms with E-state index in [4.69, 9.17) is 0 Å². The quantitative estimate of drug-likeness (QED) is 0.781. The summed E-state index contributed by atoms with van der Waals surface area (Å²) >= 11 is 0. The van der Waals surface area contributed by atoms with E-state index in [9.17, 15) is 23.1 Å². The SMILES string of the molecule is CC(=O)N1CC(O)CC2(CCN(c3cc(C(F)(F)F)nc(N4CCCC4)n3)CC2)C1. The van der Waals surface area contributed by atoms with Gasteiger partial charge in [-0.05, 0) is 37.5 Å². The number of rotatable bonds is 2. The number of piperidine rings is 2. The third-order valence-corrected chi connectivity index (χ3v) is 6.60. The molecular formula is C20H28F3N5O2. The number of hydrogen-bond acceptors (Lipinski definition) is 6. The van der Waals surface area contributed by atoms with Crippen molar-refractivity contribution in [2.45, 2.75) is 51.3 Å². The van der Waals surface area contributed by atoms with Crippen LogP contribution < -0.4 is 9.80 Å². The molecule has 1 aromatic heterocycles. The highest BCUT2D eigenvalue weighted by Gasteiger charge is 2.43. The second kappa shape index (κ2) is 7.86. The van der Waals surface area contributed by atoms with Gasteiger partial charge in [0.05, 0.1) is 6.10 Å². The van der Waals surface area contributed by atoms with Crippen LogP contribution in [0.25, 0.3) is 0 Å². The molecule has 4 rings (SSSR count). The van der Waals surface area contributed by atoms with Crippen LogP contribution in [0.2, 0.25) is 0 Å². The fourth-order valence-electron chi connectivity index (χ4n) is 4.95. The number of aliphatic hydroxyl groups is 1. The lowest BCUT2D eigenvalue weighted by molar-refractivity contribution is -0.141. The van der Waals surface area contributed by atoms with Crippen LogP contribution in [-0.4, -0.2) is 71.3 Å². The maximum atomic E-state index is 13.5. The Bertz CT molecular complexity index is 789. The number of β-amino-alcohol motifs (C(OH)–C–C–N with tert-alkyl or cyclic N) is 1. The van der Waals surface area contributed by atoms with Crippen molar-refractivity contribution >= 4 is 17.7 Å². The highest BCUT2D eigenvalue weighted by atomic mass is 19.4. The Morgan fingerprint density at radius 1 is 1.13 bits per heavy atom. The van der Waals surface area contributed by atoms with Crippen molar-refractivity contribution in [2.24, 2.45) is 5.41 Å². The average Bonchev–Trinajstić information content (AvgIpc) is 3.22. The normalized spacial score (nSPS) is 24.6. The number of nitrogens with zero attached hydrogens (tertiary/aromatic N) is 5. The highest BCUT2D eigenvalue weighted by Crippen LogP contribution is 2.41. The van der Waals surface area contributed by atoms with Gasteiger partial charge in [-0.1, -0.05) is 0 Å². The second-order valence-corrected chi connectivity index (χ2v) is 8.85. The third kappa shape index (κ3) is 4.33. The van der Waals surface area contributed by atoms with Gasteiger partial charge in [-0.2, -0.15) is 18.2 Å². The summed E-state index contributed by atoms with van der Waals surface area (Å²) in [4.78, 5) is 25.5. The molecule has 3 fully saturated rings. The van der Waals surface area contributed by atoms with Crippen LogP contribution in [0, 0.1) is 5.41 Å². The van der Waals surface area contributed by atoms with E-state index in [1.807, 2.05) is 9.80 Å². The van der Waals surface area contributed by atoms with E-state index >= 15 is 0 Å². The molecule has 0 aliphatic carbocycles. The summed E-state index contributed by atoms with van der Waals surface area (Å²) < 4.78 is 40.4. The van der Waals surface area contributed by atoms with Crippen LogP contribution >= 0.6 is 0 Å². The van der Waals surface area contributed by atoms with Crippen molar-refractivity contribution in [1.82, 2.24) is 14.9 Å². The van der Waals surface area contributed by atoms with E-state index in [1.54, 1.807) is 4.90 Å². The summed E-state index contributed by atoms with van der Waals surface area (Å²) in [6.45, 7) is 4.84. The molecule has 3 aliphatic heterocycles. The first kappa shape index (κ1) is 21.1. The fourth-order valence-corrected chi connectivity index (χ4v) is 4.95. The second-order valence-electron chi connectivity index (χ2n) is 8.85. The zero-order valence-corrected chi connectivity index (χ0v) is 17.2. The molecule has 1 amide bonds. The summed E-state index contributed by atoms with van der Waals surface area (Å²) in [5.74, 6) is 0.388. The Kier molecular flexibility index (Phi) is 5.54. The van der Waals surface area contributed by atoms with Crippen LogP contribution in [0.4, 0.5) is 24.9 Å². The van der Waals surface area contributed by atoms with Crippen molar-refractivity contribution in [3.63, 3.8) is 0 Å². The molecule has 1 N–H and O–H groups in total. The molecule has 3 aliphatic rings. The first-order chi connectivity index (χ1) is 14.2. The minimum atomic E-state index is -4.53. The van der Waals surface area contributed by atoms with E-state index in [1.165, 1.54) is 6.92 Å². The Morgan fingerprint density at radius 3 is 2.40 bits per heavy atom. The standard InChI is InChI=1S/C20H28F3N5O2/c1-14(29)28-12-15(30)11-19(13-28)4-8-26(9-5-19)17-10-16(20(21,22)23)24-18(25-17)27-6-2-3-7-27/h10,15,30H,2-9,11-13H2,1H3. The lowest BCUT2D eigenvalue weighted by Gasteiger charge is -2.49. The van der Waals surface area contributed by atoms with Gasteiger partial charge in [-0.25, -0.2) is 4.98 Å². The molecule has 3 saturated heterocycles. The predicted octanol–water partition coefficient (Wildman–Crippen LogP) is 2.30.